The first-order valence-electron chi connectivity index (χ1n) is 4.94. The lowest BCUT2D eigenvalue weighted by atomic mass is 10.4. The summed E-state index contributed by atoms with van der Waals surface area (Å²) < 4.78 is 38.7. The van der Waals surface area contributed by atoms with Crippen LogP contribution in [0, 0.1) is 0 Å². The van der Waals surface area contributed by atoms with Crippen molar-refractivity contribution in [1.82, 2.24) is 0 Å². The fraction of sp³-hybridized carbons (Fsp3) is 0.889. The molecule has 0 bridgehead atoms. The third kappa shape index (κ3) is 8.35. The second-order valence-electron chi connectivity index (χ2n) is 3.21. The van der Waals surface area contributed by atoms with Gasteiger partial charge in [-0.3, -0.25) is 9.18 Å². The second kappa shape index (κ2) is 7.62. The summed E-state index contributed by atoms with van der Waals surface area (Å²) in [6.45, 7) is 1.49. The van der Waals surface area contributed by atoms with Crippen LogP contribution in [-0.4, -0.2) is 39.2 Å². The minimum absolute atomic E-state index is 0.0649. The van der Waals surface area contributed by atoms with E-state index in [0.717, 1.165) is 12.8 Å². The Morgan fingerprint density at radius 2 is 2.00 bits per heavy atom. The van der Waals surface area contributed by atoms with E-state index in [-0.39, 0.29) is 18.8 Å². The summed E-state index contributed by atoms with van der Waals surface area (Å²) in [6, 6.07) is 0. The lowest BCUT2D eigenvalue weighted by Crippen LogP contribution is -2.21. The quantitative estimate of drug-likeness (QED) is 0.471. The molecule has 0 aliphatic heterocycles. The standard InChI is InChI=1S/C9H17FO4S/c1-2-3-6-14-9(11)8-15(12,13)7-4-5-10/h2-8H2,1H3. The molecule has 0 aromatic carbocycles. The average molecular weight is 240 g/mol. The minimum atomic E-state index is -3.49. The second-order valence-corrected chi connectivity index (χ2v) is 5.39. The first-order chi connectivity index (χ1) is 7.02. The normalized spacial score (nSPS) is 11.3. The summed E-state index contributed by atoms with van der Waals surface area (Å²) in [5.74, 6) is -1.69. The van der Waals surface area contributed by atoms with Crippen LogP contribution in [0.2, 0.25) is 0 Å². The summed E-state index contributed by atoms with van der Waals surface area (Å²) in [7, 11) is -3.49. The van der Waals surface area contributed by atoms with Crippen LogP contribution in [0.25, 0.3) is 0 Å². The van der Waals surface area contributed by atoms with Crippen LogP contribution in [0.1, 0.15) is 26.2 Å². The van der Waals surface area contributed by atoms with E-state index in [0.29, 0.717) is 0 Å². The number of hydrogen-bond donors (Lipinski definition) is 0. The minimum Gasteiger partial charge on any atom is -0.465 e. The van der Waals surface area contributed by atoms with Crippen molar-refractivity contribution in [2.45, 2.75) is 26.2 Å². The molecule has 0 saturated heterocycles. The molecular formula is C9H17FO4S. The van der Waals surface area contributed by atoms with Crippen LogP contribution >= 0.6 is 0 Å². The predicted octanol–water partition coefficient (Wildman–Crippen LogP) is 1.10. The maximum absolute atomic E-state index is 11.7. The van der Waals surface area contributed by atoms with Crippen LogP contribution < -0.4 is 0 Å². The van der Waals surface area contributed by atoms with Crippen LogP contribution in [-0.2, 0) is 19.4 Å². The number of alkyl halides is 1. The van der Waals surface area contributed by atoms with Gasteiger partial charge in [0.1, 0.15) is 5.75 Å². The van der Waals surface area contributed by atoms with Gasteiger partial charge in [-0.1, -0.05) is 13.3 Å². The molecule has 0 aliphatic rings. The molecule has 0 heterocycles. The van der Waals surface area contributed by atoms with E-state index < -0.39 is 28.2 Å². The van der Waals surface area contributed by atoms with Crippen LogP contribution in [0.4, 0.5) is 4.39 Å². The molecule has 0 saturated carbocycles. The molecule has 0 amide bonds. The van der Waals surface area contributed by atoms with Crippen molar-refractivity contribution in [2.24, 2.45) is 0 Å². The molecule has 0 N–H and O–H groups in total. The Bertz CT molecular complexity index is 274. The first-order valence-corrected chi connectivity index (χ1v) is 6.76. The monoisotopic (exact) mass is 240 g/mol. The molecule has 15 heavy (non-hydrogen) atoms. The zero-order chi connectivity index (χ0) is 11.7. The predicted molar refractivity (Wildman–Crippen MR) is 55.1 cm³/mol. The molecule has 0 radical (unpaired) electrons. The van der Waals surface area contributed by atoms with E-state index in [2.05, 4.69) is 4.74 Å². The summed E-state index contributed by atoms with van der Waals surface area (Å²) in [6.07, 6.45) is 1.53. The largest absolute Gasteiger partial charge is 0.465 e. The van der Waals surface area contributed by atoms with Gasteiger partial charge in [0.05, 0.1) is 19.0 Å². The molecule has 0 spiro atoms. The molecule has 0 rings (SSSR count). The number of rotatable bonds is 8. The number of carbonyl (C=O) groups is 1. The van der Waals surface area contributed by atoms with Crippen molar-refractivity contribution in [1.29, 1.82) is 0 Å². The summed E-state index contributed by atoms with van der Waals surface area (Å²) in [4.78, 5) is 11.0. The number of esters is 1. The summed E-state index contributed by atoms with van der Waals surface area (Å²) in [5, 5.41) is 0. The van der Waals surface area contributed by atoms with Gasteiger partial charge in [0.2, 0.25) is 0 Å². The van der Waals surface area contributed by atoms with Gasteiger partial charge < -0.3 is 4.74 Å². The zero-order valence-electron chi connectivity index (χ0n) is 8.87. The lowest BCUT2D eigenvalue weighted by molar-refractivity contribution is -0.140. The van der Waals surface area contributed by atoms with Gasteiger partial charge in [-0.15, -0.1) is 0 Å². The number of ether oxygens (including phenoxy) is 1. The zero-order valence-corrected chi connectivity index (χ0v) is 9.69. The van der Waals surface area contributed by atoms with Crippen molar-refractivity contribution in [3.63, 3.8) is 0 Å². The SMILES string of the molecule is CCCCOC(=O)CS(=O)(=O)CCCF. The van der Waals surface area contributed by atoms with Crippen LogP contribution in [0.3, 0.4) is 0 Å². The molecule has 0 fully saturated rings. The van der Waals surface area contributed by atoms with Gasteiger partial charge in [0.25, 0.3) is 0 Å². The highest BCUT2D eigenvalue weighted by Crippen LogP contribution is 1.97. The van der Waals surface area contributed by atoms with Crippen molar-refractivity contribution < 1.29 is 22.3 Å². The average Bonchev–Trinajstić information content (AvgIpc) is 2.14. The van der Waals surface area contributed by atoms with Crippen molar-refractivity contribution >= 4 is 15.8 Å². The molecule has 6 heteroatoms. The van der Waals surface area contributed by atoms with E-state index in [4.69, 9.17) is 0 Å². The molecule has 0 aliphatic carbocycles. The first kappa shape index (κ1) is 14.3. The maximum atomic E-state index is 11.7. The molecule has 0 atom stereocenters. The number of unbranched alkanes of at least 4 members (excludes halogenated alkanes) is 1. The van der Waals surface area contributed by atoms with E-state index in [1.807, 2.05) is 6.92 Å². The van der Waals surface area contributed by atoms with Gasteiger partial charge in [-0.05, 0) is 12.8 Å². The number of sulfone groups is 1. The van der Waals surface area contributed by atoms with Crippen LogP contribution in [0.5, 0.6) is 0 Å². The van der Waals surface area contributed by atoms with Crippen molar-refractivity contribution in [2.75, 3.05) is 24.8 Å². The Morgan fingerprint density at radius 1 is 1.33 bits per heavy atom. The van der Waals surface area contributed by atoms with E-state index in [9.17, 15) is 17.6 Å². The molecule has 0 unspecified atom stereocenters. The Kier molecular flexibility index (Phi) is 7.29. The Morgan fingerprint density at radius 3 is 2.53 bits per heavy atom. The number of hydrogen-bond acceptors (Lipinski definition) is 4. The van der Waals surface area contributed by atoms with Gasteiger partial charge in [0, 0.05) is 0 Å². The number of halogens is 1. The molecule has 90 valence electrons. The van der Waals surface area contributed by atoms with E-state index in [1.54, 1.807) is 0 Å². The van der Waals surface area contributed by atoms with Crippen molar-refractivity contribution in [3.8, 4) is 0 Å². The fourth-order valence-corrected chi connectivity index (χ4v) is 2.03. The van der Waals surface area contributed by atoms with E-state index in [1.165, 1.54) is 0 Å². The van der Waals surface area contributed by atoms with Gasteiger partial charge in [0.15, 0.2) is 9.84 Å². The Hall–Kier alpha value is -0.650. The number of carbonyl (C=O) groups excluding carboxylic acids is 1. The summed E-state index contributed by atoms with van der Waals surface area (Å²) >= 11 is 0. The maximum Gasteiger partial charge on any atom is 0.321 e. The summed E-state index contributed by atoms with van der Waals surface area (Å²) in [5.41, 5.74) is 0. The lowest BCUT2D eigenvalue weighted by Gasteiger charge is -2.04. The topological polar surface area (TPSA) is 60.4 Å². The molecular weight excluding hydrogens is 223 g/mol. The van der Waals surface area contributed by atoms with Gasteiger partial charge >= 0.3 is 5.97 Å². The fourth-order valence-electron chi connectivity index (χ4n) is 0.898. The Labute approximate surface area is 89.7 Å². The molecule has 4 nitrogen and oxygen atoms in total. The molecule has 0 aromatic rings. The molecule has 0 aromatic heterocycles. The third-order valence-electron chi connectivity index (χ3n) is 1.69. The van der Waals surface area contributed by atoms with Crippen molar-refractivity contribution in [3.05, 3.63) is 0 Å². The van der Waals surface area contributed by atoms with Gasteiger partial charge in [-0.2, -0.15) is 0 Å². The highest BCUT2D eigenvalue weighted by atomic mass is 32.2. The highest BCUT2D eigenvalue weighted by Gasteiger charge is 2.17. The van der Waals surface area contributed by atoms with E-state index >= 15 is 0 Å². The highest BCUT2D eigenvalue weighted by molar-refractivity contribution is 7.92. The van der Waals surface area contributed by atoms with Crippen LogP contribution in [0.15, 0.2) is 0 Å². The van der Waals surface area contributed by atoms with Gasteiger partial charge in [-0.25, -0.2) is 8.42 Å². The smallest absolute Gasteiger partial charge is 0.321 e. The third-order valence-corrected chi connectivity index (χ3v) is 3.27. The Balaban J connectivity index is 3.84.